The molecule has 1 aliphatic rings. The summed E-state index contributed by atoms with van der Waals surface area (Å²) in [5.74, 6) is 1.32. The van der Waals surface area contributed by atoms with Crippen molar-refractivity contribution in [3.05, 3.63) is 76.6 Å². The van der Waals surface area contributed by atoms with E-state index in [1.165, 1.54) is 16.9 Å². The van der Waals surface area contributed by atoms with Gasteiger partial charge >= 0.3 is 0 Å². The predicted molar refractivity (Wildman–Crippen MR) is 87.7 cm³/mol. The Morgan fingerprint density at radius 1 is 1.09 bits per heavy atom. The van der Waals surface area contributed by atoms with Gasteiger partial charge in [-0.1, -0.05) is 29.8 Å². The molecular formula is C18H16ClN3. The van der Waals surface area contributed by atoms with Crippen molar-refractivity contribution < 1.29 is 0 Å². The molecule has 0 fully saturated rings. The summed E-state index contributed by atoms with van der Waals surface area (Å²) in [6.45, 7) is 2.06. The number of hydrogen-bond acceptors (Lipinski definition) is 2. The molecule has 4 heteroatoms. The Morgan fingerprint density at radius 3 is 2.77 bits per heavy atom. The van der Waals surface area contributed by atoms with Crippen molar-refractivity contribution in [2.45, 2.75) is 25.7 Å². The quantitative estimate of drug-likeness (QED) is 0.670. The van der Waals surface area contributed by atoms with Gasteiger partial charge in [-0.05, 0) is 43.5 Å². The molecule has 4 rings (SSSR count). The second kappa shape index (κ2) is 5.25. The first-order valence-electron chi connectivity index (χ1n) is 7.48. The van der Waals surface area contributed by atoms with Crippen molar-refractivity contribution in [3.8, 4) is 5.69 Å². The van der Waals surface area contributed by atoms with Crippen LogP contribution in [0.15, 0.2) is 48.8 Å². The van der Waals surface area contributed by atoms with Crippen molar-refractivity contribution in [2.75, 3.05) is 0 Å². The van der Waals surface area contributed by atoms with Crippen molar-refractivity contribution in [1.29, 1.82) is 0 Å². The number of para-hydroxylation sites is 1. The summed E-state index contributed by atoms with van der Waals surface area (Å²) in [5, 5.41) is 0.678. The van der Waals surface area contributed by atoms with Crippen LogP contribution in [0.4, 0.5) is 0 Å². The van der Waals surface area contributed by atoms with E-state index in [0.29, 0.717) is 5.02 Å². The van der Waals surface area contributed by atoms with E-state index in [1.54, 1.807) is 6.20 Å². The van der Waals surface area contributed by atoms with Gasteiger partial charge in [-0.15, -0.1) is 0 Å². The molecule has 2 aromatic heterocycles. The van der Waals surface area contributed by atoms with E-state index in [1.807, 2.05) is 18.3 Å². The molecule has 0 radical (unpaired) electrons. The zero-order chi connectivity index (χ0) is 15.1. The number of aromatic nitrogens is 3. The first-order valence-corrected chi connectivity index (χ1v) is 7.86. The highest BCUT2D eigenvalue weighted by Crippen LogP contribution is 2.36. The minimum atomic E-state index is 0.285. The van der Waals surface area contributed by atoms with E-state index in [2.05, 4.69) is 45.7 Å². The number of hydrogen-bond donors (Lipinski definition) is 0. The number of halogens is 1. The average Bonchev–Trinajstić information content (AvgIpc) is 2.82. The van der Waals surface area contributed by atoms with Gasteiger partial charge in [-0.25, -0.2) is 4.98 Å². The molecule has 1 aliphatic heterocycles. The molecule has 22 heavy (non-hydrogen) atoms. The first kappa shape index (κ1) is 13.5. The van der Waals surface area contributed by atoms with Crippen LogP contribution in [0.25, 0.3) is 5.69 Å². The van der Waals surface area contributed by atoms with Crippen molar-refractivity contribution >= 4 is 11.6 Å². The monoisotopic (exact) mass is 309 g/mol. The second-order valence-corrected chi connectivity index (χ2v) is 6.12. The molecule has 3 heterocycles. The molecule has 3 aromatic rings. The third kappa shape index (κ3) is 2.13. The SMILES string of the molecule is Cc1ncc2n1-c1ccccc1C(c1ccc(Cl)cn1)CC2. The highest BCUT2D eigenvalue weighted by Gasteiger charge is 2.25. The molecule has 0 amide bonds. The summed E-state index contributed by atoms with van der Waals surface area (Å²) in [6.07, 6.45) is 5.74. The molecule has 0 saturated heterocycles. The normalized spacial score (nSPS) is 16.7. The summed E-state index contributed by atoms with van der Waals surface area (Å²) < 4.78 is 2.27. The van der Waals surface area contributed by atoms with E-state index < -0.39 is 0 Å². The number of benzene rings is 1. The van der Waals surface area contributed by atoms with Gasteiger partial charge in [0.1, 0.15) is 5.82 Å². The van der Waals surface area contributed by atoms with Crippen LogP contribution in [0.3, 0.4) is 0 Å². The van der Waals surface area contributed by atoms with E-state index in [-0.39, 0.29) is 5.92 Å². The van der Waals surface area contributed by atoms with Gasteiger partial charge in [0.2, 0.25) is 0 Å². The van der Waals surface area contributed by atoms with Gasteiger partial charge in [-0.2, -0.15) is 0 Å². The average molecular weight is 310 g/mol. The fourth-order valence-corrected chi connectivity index (χ4v) is 3.44. The van der Waals surface area contributed by atoms with Gasteiger partial charge in [0.25, 0.3) is 0 Å². The maximum absolute atomic E-state index is 5.98. The third-order valence-corrected chi connectivity index (χ3v) is 4.58. The van der Waals surface area contributed by atoms with Gasteiger partial charge in [0.05, 0.1) is 10.7 Å². The van der Waals surface area contributed by atoms with Crippen LogP contribution in [0.5, 0.6) is 0 Å². The number of aryl methyl sites for hydroxylation is 2. The minimum Gasteiger partial charge on any atom is -0.301 e. The van der Waals surface area contributed by atoms with Crippen LogP contribution < -0.4 is 0 Å². The molecule has 0 bridgehead atoms. The number of rotatable bonds is 1. The molecule has 1 atom stereocenters. The Morgan fingerprint density at radius 2 is 1.95 bits per heavy atom. The number of imidazole rings is 1. The topological polar surface area (TPSA) is 30.7 Å². The molecule has 1 unspecified atom stereocenters. The van der Waals surface area contributed by atoms with E-state index in [9.17, 15) is 0 Å². The fraction of sp³-hybridized carbons (Fsp3) is 0.222. The summed E-state index contributed by atoms with van der Waals surface area (Å²) >= 11 is 5.98. The first-order chi connectivity index (χ1) is 10.7. The largest absolute Gasteiger partial charge is 0.301 e. The van der Waals surface area contributed by atoms with Crippen LogP contribution >= 0.6 is 11.6 Å². The van der Waals surface area contributed by atoms with Crippen LogP contribution in [-0.2, 0) is 6.42 Å². The zero-order valence-corrected chi connectivity index (χ0v) is 13.1. The lowest BCUT2D eigenvalue weighted by atomic mass is 9.90. The smallest absolute Gasteiger partial charge is 0.110 e. The predicted octanol–water partition coefficient (Wildman–Crippen LogP) is 4.31. The molecule has 3 nitrogen and oxygen atoms in total. The van der Waals surface area contributed by atoms with Crippen LogP contribution in [0, 0.1) is 6.92 Å². The molecule has 0 spiro atoms. The maximum atomic E-state index is 5.98. The molecule has 0 saturated carbocycles. The van der Waals surface area contributed by atoms with Gasteiger partial charge in [0.15, 0.2) is 0 Å². The number of fused-ring (bicyclic) bond motifs is 3. The van der Waals surface area contributed by atoms with Crippen LogP contribution in [0.1, 0.15) is 35.1 Å². The van der Waals surface area contributed by atoms with E-state index in [0.717, 1.165) is 24.4 Å². The summed E-state index contributed by atoms with van der Waals surface area (Å²) in [6, 6.07) is 12.5. The highest BCUT2D eigenvalue weighted by molar-refractivity contribution is 6.30. The Labute approximate surface area is 134 Å². The fourth-order valence-electron chi connectivity index (χ4n) is 3.33. The lowest BCUT2D eigenvalue weighted by Gasteiger charge is -2.18. The highest BCUT2D eigenvalue weighted by atomic mass is 35.5. The van der Waals surface area contributed by atoms with Crippen molar-refractivity contribution in [3.63, 3.8) is 0 Å². The lowest BCUT2D eigenvalue weighted by Crippen LogP contribution is -2.06. The Hall–Kier alpha value is -2.13. The number of nitrogens with zero attached hydrogens (tertiary/aromatic N) is 3. The van der Waals surface area contributed by atoms with E-state index >= 15 is 0 Å². The molecule has 0 aliphatic carbocycles. The Bertz CT molecular complexity index is 821. The zero-order valence-electron chi connectivity index (χ0n) is 12.3. The minimum absolute atomic E-state index is 0.285. The van der Waals surface area contributed by atoms with Crippen molar-refractivity contribution in [2.24, 2.45) is 0 Å². The summed E-state index contributed by atoms with van der Waals surface area (Å²) in [7, 11) is 0. The van der Waals surface area contributed by atoms with Gasteiger partial charge in [-0.3, -0.25) is 4.98 Å². The third-order valence-electron chi connectivity index (χ3n) is 4.36. The van der Waals surface area contributed by atoms with Crippen LogP contribution in [-0.4, -0.2) is 14.5 Å². The standard InChI is InChI=1S/C18H16ClN3/c1-12-20-11-14-7-8-15(17-9-6-13(19)10-21-17)16-4-2-3-5-18(16)22(12)14/h2-6,9-11,15H,7-8H2,1H3. The number of pyridine rings is 1. The Kier molecular flexibility index (Phi) is 3.23. The second-order valence-electron chi connectivity index (χ2n) is 5.68. The Balaban J connectivity index is 1.90. The maximum Gasteiger partial charge on any atom is 0.110 e. The molecular weight excluding hydrogens is 294 g/mol. The summed E-state index contributed by atoms with van der Waals surface area (Å²) in [4.78, 5) is 9.03. The molecule has 110 valence electrons. The van der Waals surface area contributed by atoms with Crippen LogP contribution in [0.2, 0.25) is 5.02 Å². The van der Waals surface area contributed by atoms with E-state index in [4.69, 9.17) is 11.6 Å². The molecule has 0 N–H and O–H groups in total. The van der Waals surface area contributed by atoms with Gasteiger partial charge < -0.3 is 4.57 Å². The summed E-state index contributed by atoms with van der Waals surface area (Å²) in [5.41, 5.74) is 4.86. The van der Waals surface area contributed by atoms with Crippen molar-refractivity contribution in [1.82, 2.24) is 14.5 Å². The van der Waals surface area contributed by atoms with Gasteiger partial charge in [0, 0.05) is 29.7 Å². The lowest BCUT2D eigenvalue weighted by molar-refractivity contribution is 0.701. The molecule has 1 aromatic carbocycles.